The van der Waals surface area contributed by atoms with Gasteiger partial charge >= 0.3 is 0 Å². The van der Waals surface area contributed by atoms with Crippen molar-refractivity contribution >= 4 is 29.0 Å². The SMILES string of the molecule is Cc1cccc(C(C#N)C(=O)c2ccc(Cl)c(Cl)c2)c1. The van der Waals surface area contributed by atoms with Crippen molar-refractivity contribution in [1.29, 1.82) is 5.26 Å². The fourth-order valence-corrected chi connectivity index (χ4v) is 2.25. The van der Waals surface area contributed by atoms with Crippen molar-refractivity contribution in [1.82, 2.24) is 0 Å². The molecule has 0 fully saturated rings. The summed E-state index contributed by atoms with van der Waals surface area (Å²) in [6, 6.07) is 14.0. The van der Waals surface area contributed by atoms with E-state index in [2.05, 4.69) is 6.07 Å². The fourth-order valence-electron chi connectivity index (χ4n) is 1.95. The first-order chi connectivity index (χ1) is 9.52. The number of hydrogen-bond donors (Lipinski definition) is 0. The molecule has 2 aromatic rings. The van der Waals surface area contributed by atoms with Crippen LogP contribution in [0.3, 0.4) is 0 Å². The van der Waals surface area contributed by atoms with Gasteiger partial charge < -0.3 is 0 Å². The van der Waals surface area contributed by atoms with Gasteiger partial charge in [-0.05, 0) is 30.7 Å². The van der Waals surface area contributed by atoms with Gasteiger partial charge in [-0.15, -0.1) is 0 Å². The Bertz CT molecular complexity index is 704. The zero-order chi connectivity index (χ0) is 14.7. The van der Waals surface area contributed by atoms with Gasteiger partial charge in [0.05, 0.1) is 16.1 Å². The van der Waals surface area contributed by atoms with Crippen LogP contribution in [0.4, 0.5) is 0 Å². The van der Waals surface area contributed by atoms with Crippen LogP contribution in [0.25, 0.3) is 0 Å². The molecule has 2 nitrogen and oxygen atoms in total. The number of rotatable bonds is 3. The van der Waals surface area contributed by atoms with Crippen LogP contribution < -0.4 is 0 Å². The molecule has 2 rings (SSSR count). The highest BCUT2D eigenvalue weighted by Gasteiger charge is 2.22. The molecule has 2 aromatic carbocycles. The predicted octanol–water partition coefficient (Wildman–Crippen LogP) is 4.79. The number of carbonyl (C=O) groups is 1. The Morgan fingerprint density at radius 1 is 1.15 bits per heavy atom. The third-order valence-electron chi connectivity index (χ3n) is 2.97. The largest absolute Gasteiger partial charge is 0.292 e. The van der Waals surface area contributed by atoms with Crippen LogP contribution in [-0.2, 0) is 0 Å². The first-order valence-corrected chi connectivity index (χ1v) is 6.74. The lowest BCUT2D eigenvalue weighted by Gasteiger charge is -2.10. The normalized spacial score (nSPS) is 11.7. The van der Waals surface area contributed by atoms with E-state index in [0.717, 1.165) is 5.56 Å². The highest BCUT2D eigenvalue weighted by molar-refractivity contribution is 6.42. The Morgan fingerprint density at radius 2 is 1.90 bits per heavy atom. The van der Waals surface area contributed by atoms with Gasteiger partial charge in [0.2, 0.25) is 0 Å². The van der Waals surface area contributed by atoms with Crippen LogP contribution in [-0.4, -0.2) is 5.78 Å². The highest BCUT2D eigenvalue weighted by atomic mass is 35.5. The van der Waals surface area contributed by atoms with Gasteiger partial charge in [-0.3, -0.25) is 4.79 Å². The Kier molecular flexibility index (Phi) is 4.44. The summed E-state index contributed by atoms with van der Waals surface area (Å²) in [6.45, 7) is 1.92. The highest BCUT2D eigenvalue weighted by Crippen LogP contribution is 2.26. The van der Waals surface area contributed by atoms with E-state index in [-0.39, 0.29) is 5.78 Å². The van der Waals surface area contributed by atoms with Gasteiger partial charge in [-0.25, -0.2) is 0 Å². The predicted molar refractivity (Wildman–Crippen MR) is 80.3 cm³/mol. The van der Waals surface area contributed by atoms with Crippen molar-refractivity contribution in [2.75, 3.05) is 0 Å². The zero-order valence-corrected chi connectivity index (χ0v) is 12.2. The van der Waals surface area contributed by atoms with E-state index in [1.807, 2.05) is 25.1 Å². The molecule has 0 heterocycles. The van der Waals surface area contributed by atoms with Gasteiger partial charge in [0.15, 0.2) is 5.78 Å². The molecule has 20 heavy (non-hydrogen) atoms. The van der Waals surface area contributed by atoms with E-state index in [4.69, 9.17) is 23.2 Å². The van der Waals surface area contributed by atoms with Gasteiger partial charge in [-0.2, -0.15) is 5.26 Å². The van der Waals surface area contributed by atoms with Crippen molar-refractivity contribution < 1.29 is 4.79 Å². The number of aryl methyl sites for hydroxylation is 1. The van der Waals surface area contributed by atoms with Crippen molar-refractivity contribution in [3.8, 4) is 6.07 Å². The maximum atomic E-state index is 12.4. The number of ketones is 1. The summed E-state index contributed by atoms with van der Waals surface area (Å²) in [5, 5.41) is 9.98. The number of Topliss-reactive ketones (excluding diaryl/α,β-unsaturated/α-hetero) is 1. The van der Waals surface area contributed by atoms with E-state index < -0.39 is 5.92 Å². The molecule has 0 spiro atoms. The van der Waals surface area contributed by atoms with Crippen LogP contribution >= 0.6 is 23.2 Å². The van der Waals surface area contributed by atoms with Crippen molar-refractivity contribution in [2.24, 2.45) is 0 Å². The molecule has 100 valence electrons. The van der Waals surface area contributed by atoms with Crippen LogP contribution in [0.15, 0.2) is 42.5 Å². The second kappa shape index (κ2) is 6.09. The molecule has 0 saturated carbocycles. The third-order valence-corrected chi connectivity index (χ3v) is 3.71. The topological polar surface area (TPSA) is 40.9 Å². The smallest absolute Gasteiger partial charge is 0.184 e. The summed E-state index contributed by atoms with van der Waals surface area (Å²) in [6.07, 6.45) is 0. The minimum absolute atomic E-state index is 0.281. The number of halogens is 2. The number of hydrogen-bond acceptors (Lipinski definition) is 2. The molecule has 0 amide bonds. The summed E-state index contributed by atoms with van der Waals surface area (Å²) in [5.41, 5.74) is 2.07. The fraction of sp³-hybridized carbons (Fsp3) is 0.125. The molecular formula is C16H11Cl2NO. The van der Waals surface area contributed by atoms with Crippen LogP contribution in [0, 0.1) is 18.3 Å². The first kappa shape index (κ1) is 14.6. The van der Waals surface area contributed by atoms with E-state index in [1.165, 1.54) is 6.07 Å². The third kappa shape index (κ3) is 3.01. The Labute approximate surface area is 127 Å². The van der Waals surface area contributed by atoms with E-state index in [1.54, 1.807) is 18.2 Å². The standard InChI is InChI=1S/C16H11Cl2NO/c1-10-3-2-4-11(7-10)13(9-19)16(20)12-5-6-14(17)15(18)8-12/h2-8,13H,1H3. The van der Waals surface area contributed by atoms with Crippen LogP contribution in [0.1, 0.15) is 27.4 Å². The molecule has 0 aliphatic carbocycles. The quantitative estimate of drug-likeness (QED) is 0.765. The number of nitriles is 1. The van der Waals surface area contributed by atoms with E-state index in [9.17, 15) is 10.1 Å². The molecule has 0 N–H and O–H groups in total. The van der Waals surface area contributed by atoms with Gasteiger partial charge in [0, 0.05) is 5.56 Å². The molecule has 0 bridgehead atoms. The average molecular weight is 304 g/mol. The molecule has 0 aliphatic rings. The van der Waals surface area contributed by atoms with Crippen molar-refractivity contribution in [2.45, 2.75) is 12.8 Å². The lowest BCUT2D eigenvalue weighted by Crippen LogP contribution is -2.11. The summed E-state index contributed by atoms with van der Waals surface area (Å²) < 4.78 is 0. The van der Waals surface area contributed by atoms with Crippen molar-refractivity contribution in [3.63, 3.8) is 0 Å². The average Bonchev–Trinajstić information content (AvgIpc) is 2.42. The second-order valence-electron chi connectivity index (χ2n) is 4.47. The Balaban J connectivity index is 2.39. The molecule has 1 unspecified atom stereocenters. The zero-order valence-electron chi connectivity index (χ0n) is 10.7. The maximum absolute atomic E-state index is 12.4. The van der Waals surface area contributed by atoms with Gasteiger partial charge in [-0.1, -0.05) is 53.0 Å². The van der Waals surface area contributed by atoms with Gasteiger partial charge in [0.1, 0.15) is 5.92 Å². The molecule has 1 atom stereocenters. The molecule has 0 radical (unpaired) electrons. The lowest BCUT2D eigenvalue weighted by atomic mass is 9.91. The summed E-state index contributed by atoms with van der Waals surface area (Å²) in [5.74, 6) is -1.12. The number of carbonyl (C=O) groups excluding carboxylic acids is 1. The van der Waals surface area contributed by atoms with Crippen LogP contribution in [0.5, 0.6) is 0 Å². The molecule has 0 aliphatic heterocycles. The van der Waals surface area contributed by atoms with E-state index >= 15 is 0 Å². The number of benzene rings is 2. The number of nitrogens with zero attached hydrogens (tertiary/aromatic N) is 1. The minimum atomic E-state index is -0.841. The first-order valence-electron chi connectivity index (χ1n) is 5.98. The minimum Gasteiger partial charge on any atom is -0.292 e. The lowest BCUT2D eigenvalue weighted by molar-refractivity contribution is 0.0979. The summed E-state index contributed by atoms with van der Waals surface area (Å²) in [7, 11) is 0. The van der Waals surface area contributed by atoms with Crippen molar-refractivity contribution in [3.05, 3.63) is 69.2 Å². The molecule has 0 saturated heterocycles. The monoisotopic (exact) mass is 303 g/mol. The molecule has 4 heteroatoms. The second-order valence-corrected chi connectivity index (χ2v) is 5.28. The Morgan fingerprint density at radius 3 is 2.50 bits per heavy atom. The van der Waals surface area contributed by atoms with Crippen LogP contribution in [0.2, 0.25) is 10.0 Å². The summed E-state index contributed by atoms with van der Waals surface area (Å²) >= 11 is 11.7. The summed E-state index contributed by atoms with van der Waals surface area (Å²) in [4.78, 5) is 12.4. The maximum Gasteiger partial charge on any atom is 0.184 e. The molecule has 0 aromatic heterocycles. The Hall–Kier alpha value is -1.82. The molecular weight excluding hydrogens is 293 g/mol. The van der Waals surface area contributed by atoms with Gasteiger partial charge in [0.25, 0.3) is 0 Å². The van der Waals surface area contributed by atoms with E-state index in [0.29, 0.717) is 21.2 Å².